The number of carboxylic acid groups (broad SMARTS) is 2. The largest absolute Gasteiger partial charge is 0.497 e. The Morgan fingerprint density at radius 3 is 2.14 bits per heavy atom. The van der Waals surface area contributed by atoms with Gasteiger partial charge < -0.3 is 14.9 Å². The highest BCUT2D eigenvalue weighted by molar-refractivity contribution is 7.85. The summed E-state index contributed by atoms with van der Waals surface area (Å²) in [7, 11) is -0.552. The van der Waals surface area contributed by atoms with Crippen molar-refractivity contribution in [1.82, 2.24) is 0 Å². The molecule has 2 rings (SSSR count). The highest BCUT2D eigenvalue weighted by Crippen LogP contribution is 2.26. The second-order valence-electron chi connectivity index (χ2n) is 4.24. The smallest absolute Gasteiger partial charge is 0.337 e. The van der Waals surface area contributed by atoms with Gasteiger partial charge in [0.05, 0.1) is 38.8 Å². The normalized spacial score (nSPS) is 11.7. The van der Waals surface area contributed by atoms with Gasteiger partial charge in [-0.2, -0.15) is 0 Å². The molecular formula is C15H12O6S. The van der Waals surface area contributed by atoms with Crippen molar-refractivity contribution < 1.29 is 28.7 Å². The molecule has 2 aromatic rings. The lowest BCUT2D eigenvalue weighted by Crippen LogP contribution is -2.09. The van der Waals surface area contributed by atoms with Crippen LogP contribution in [0.25, 0.3) is 0 Å². The molecule has 0 saturated carbocycles. The predicted octanol–water partition coefficient (Wildman–Crippen LogP) is 2.26. The molecule has 0 heterocycles. The van der Waals surface area contributed by atoms with Gasteiger partial charge in [-0.3, -0.25) is 0 Å². The molecule has 7 heteroatoms. The monoisotopic (exact) mass is 320 g/mol. The van der Waals surface area contributed by atoms with Crippen molar-refractivity contribution in [3.05, 3.63) is 53.6 Å². The molecular weight excluding hydrogens is 308 g/mol. The van der Waals surface area contributed by atoms with Gasteiger partial charge in [0.1, 0.15) is 5.75 Å². The first-order valence-electron chi connectivity index (χ1n) is 6.11. The van der Waals surface area contributed by atoms with Crippen molar-refractivity contribution in [2.45, 2.75) is 9.79 Å². The fourth-order valence-electron chi connectivity index (χ4n) is 1.89. The van der Waals surface area contributed by atoms with E-state index in [9.17, 15) is 18.9 Å². The first-order chi connectivity index (χ1) is 10.5. The van der Waals surface area contributed by atoms with Crippen LogP contribution in [0.1, 0.15) is 20.7 Å². The second-order valence-corrected chi connectivity index (χ2v) is 5.65. The van der Waals surface area contributed by atoms with Crippen molar-refractivity contribution in [3.8, 4) is 5.75 Å². The van der Waals surface area contributed by atoms with E-state index in [1.54, 1.807) is 6.07 Å². The lowest BCUT2D eigenvalue weighted by molar-refractivity contribution is 0.0683. The average Bonchev–Trinajstić information content (AvgIpc) is 2.53. The number of methoxy groups -OCH3 is 1. The first-order valence-corrected chi connectivity index (χ1v) is 7.26. The van der Waals surface area contributed by atoms with Crippen LogP contribution < -0.4 is 4.74 Å². The zero-order valence-corrected chi connectivity index (χ0v) is 12.3. The Hall–Kier alpha value is -2.67. The molecule has 0 radical (unpaired) electrons. The van der Waals surface area contributed by atoms with Gasteiger partial charge in [-0.15, -0.1) is 0 Å². The molecule has 114 valence electrons. The highest BCUT2D eigenvalue weighted by Gasteiger charge is 2.21. The molecule has 0 spiro atoms. The zero-order valence-electron chi connectivity index (χ0n) is 11.5. The van der Waals surface area contributed by atoms with E-state index < -0.39 is 22.7 Å². The third-order valence-electron chi connectivity index (χ3n) is 2.93. The Bertz CT molecular complexity index is 768. The summed E-state index contributed by atoms with van der Waals surface area (Å²) in [4.78, 5) is 22.6. The summed E-state index contributed by atoms with van der Waals surface area (Å²) in [6, 6.07) is 9.86. The molecule has 22 heavy (non-hydrogen) atoms. The fourth-order valence-corrected chi connectivity index (χ4v) is 3.22. The van der Waals surface area contributed by atoms with E-state index in [0.717, 1.165) is 0 Å². The fraction of sp³-hybridized carbons (Fsp3) is 0.0667. The van der Waals surface area contributed by atoms with E-state index >= 15 is 0 Å². The average molecular weight is 320 g/mol. The van der Waals surface area contributed by atoms with Gasteiger partial charge in [0.25, 0.3) is 0 Å². The van der Waals surface area contributed by atoms with Gasteiger partial charge >= 0.3 is 11.9 Å². The van der Waals surface area contributed by atoms with Crippen molar-refractivity contribution in [1.29, 1.82) is 0 Å². The van der Waals surface area contributed by atoms with E-state index in [0.29, 0.717) is 5.75 Å². The summed E-state index contributed by atoms with van der Waals surface area (Å²) in [5, 5.41) is 18.4. The number of carbonyl (C=O) groups is 2. The van der Waals surface area contributed by atoms with E-state index in [1.807, 2.05) is 0 Å². The number of carboxylic acids is 2. The van der Waals surface area contributed by atoms with Crippen LogP contribution in [-0.2, 0) is 10.8 Å². The highest BCUT2D eigenvalue weighted by atomic mass is 32.2. The molecule has 1 atom stereocenters. The summed E-state index contributed by atoms with van der Waals surface area (Å²) in [6.45, 7) is 0. The molecule has 2 aromatic carbocycles. The van der Waals surface area contributed by atoms with Crippen LogP contribution in [0.15, 0.2) is 52.3 Å². The summed E-state index contributed by atoms with van der Waals surface area (Å²) in [6.07, 6.45) is 0. The van der Waals surface area contributed by atoms with Crippen LogP contribution in [0.4, 0.5) is 0 Å². The SMILES string of the molecule is COc1ccc(S(=O)c2ccccc2C(=O)O)c(C(=O)O)c1. The van der Waals surface area contributed by atoms with Gasteiger partial charge in [-0.25, -0.2) is 13.8 Å². The summed E-state index contributed by atoms with van der Waals surface area (Å²) >= 11 is 0. The third kappa shape index (κ3) is 2.99. The van der Waals surface area contributed by atoms with Crippen LogP contribution in [0, 0.1) is 0 Å². The third-order valence-corrected chi connectivity index (χ3v) is 4.45. The zero-order chi connectivity index (χ0) is 16.3. The van der Waals surface area contributed by atoms with Crippen LogP contribution in [0.2, 0.25) is 0 Å². The molecule has 1 unspecified atom stereocenters. The van der Waals surface area contributed by atoms with Crippen LogP contribution in [-0.4, -0.2) is 33.5 Å². The van der Waals surface area contributed by atoms with Crippen LogP contribution in [0.3, 0.4) is 0 Å². The summed E-state index contributed by atoms with van der Waals surface area (Å²) in [5.41, 5.74) is -0.328. The number of aromatic carboxylic acids is 2. The molecule has 0 aliphatic rings. The minimum atomic E-state index is -1.94. The number of benzene rings is 2. The molecule has 0 aliphatic carbocycles. The van der Waals surface area contributed by atoms with Crippen LogP contribution >= 0.6 is 0 Å². The lowest BCUT2D eigenvalue weighted by Gasteiger charge is -2.10. The quantitative estimate of drug-likeness (QED) is 0.876. The number of hydrogen-bond donors (Lipinski definition) is 2. The van der Waals surface area contributed by atoms with Gasteiger partial charge in [0, 0.05) is 0 Å². The van der Waals surface area contributed by atoms with E-state index in [1.165, 1.54) is 43.5 Å². The van der Waals surface area contributed by atoms with Gasteiger partial charge in [-0.05, 0) is 30.3 Å². The maximum atomic E-state index is 12.6. The van der Waals surface area contributed by atoms with Crippen LogP contribution in [0.5, 0.6) is 5.75 Å². The Labute approximate surface area is 128 Å². The molecule has 0 aliphatic heterocycles. The molecule has 0 fully saturated rings. The van der Waals surface area contributed by atoms with E-state index in [2.05, 4.69) is 0 Å². The Balaban J connectivity index is 2.60. The maximum Gasteiger partial charge on any atom is 0.337 e. The molecule has 6 nitrogen and oxygen atoms in total. The summed E-state index contributed by atoms with van der Waals surface area (Å²) < 4.78 is 17.6. The Morgan fingerprint density at radius 1 is 0.955 bits per heavy atom. The number of ether oxygens (including phenoxy) is 1. The Kier molecular flexibility index (Phi) is 4.57. The van der Waals surface area contributed by atoms with Crippen molar-refractivity contribution >= 4 is 22.7 Å². The van der Waals surface area contributed by atoms with Gasteiger partial charge in [-0.1, -0.05) is 12.1 Å². The molecule has 0 bridgehead atoms. The van der Waals surface area contributed by atoms with Gasteiger partial charge in [0.2, 0.25) is 0 Å². The molecule has 2 N–H and O–H groups in total. The minimum absolute atomic E-state index is 0.0157. The van der Waals surface area contributed by atoms with E-state index in [4.69, 9.17) is 9.84 Å². The van der Waals surface area contributed by atoms with Crippen molar-refractivity contribution in [3.63, 3.8) is 0 Å². The summed E-state index contributed by atoms with van der Waals surface area (Å²) in [5.74, 6) is -2.19. The number of rotatable bonds is 5. The second kappa shape index (κ2) is 6.40. The standard InChI is InChI=1S/C15H12O6S/c1-21-9-6-7-13(11(8-9)15(18)19)22(20)12-5-3-2-4-10(12)14(16)17/h2-8H,1H3,(H,16,17)(H,18,19). The predicted molar refractivity (Wildman–Crippen MR) is 78.0 cm³/mol. The van der Waals surface area contributed by atoms with Crippen molar-refractivity contribution in [2.24, 2.45) is 0 Å². The molecule has 0 aromatic heterocycles. The maximum absolute atomic E-state index is 12.6. The molecule has 0 amide bonds. The number of hydrogen-bond acceptors (Lipinski definition) is 4. The van der Waals surface area contributed by atoms with E-state index in [-0.39, 0.29) is 20.9 Å². The lowest BCUT2D eigenvalue weighted by atomic mass is 10.2. The van der Waals surface area contributed by atoms with Crippen molar-refractivity contribution in [2.75, 3.05) is 7.11 Å². The van der Waals surface area contributed by atoms with Gasteiger partial charge in [0.15, 0.2) is 0 Å². The minimum Gasteiger partial charge on any atom is -0.497 e. The topological polar surface area (TPSA) is 101 Å². The first kappa shape index (κ1) is 15.7. The Morgan fingerprint density at radius 2 is 1.55 bits per heavy atom. The molecule has 0 saturated heterocycles.